The van der Waals surface area contributed by atoms with Gasteiger partial charge in [-0.3, -0.25) is 4.79 Å². The molecule has 29 heavy (non-hydrogen) atoms. The second-order valence-corrected chi connectivity index (χ2v) is 11.4. The molecule has 6 nitrogen and oxygen atoms in total. The van der Waals surface area contributed by atoms with Crippen LogP contribution in [0.5, 0.6) is 0 Å². The van der Waals surface area contributed by atoms with E-state index in [1.54, 1.807) is 25.1 Å². The molecular weight excluding hydrogens is 388 g/mol. The number of sulfonamides is 1. The predicted octanol–water partition coefficient (Wildman–Crippen LogP) is 3.30. The highest BCUT2D eigenvalue weighted by molar-refractivity contribution is 7.89. The Morgan fingerprint density at radius 2 is 1.79 bits per heavy atom. The van der Waals surface area contributed by atoms with Crippen LogP contribution in [0.2, 0.25) is 0 Å². The molecule has 5 rings (SSSR count). The maximum Gasteiger partial charge on any atom is 0.243 e. The minimum atomic E-state index is -3.60. The van der Waals surface area contributed by atoms with Crippen molar-refractivity contribution >= 4 is 21.6 Å². The first-order valence-corrected chi connectivity index (χ1v) is 12.2. The van der Waals surface area contributed by atoms with E-state index in [1.807, 2.05) is 13.8 Å². The van der Waals surface area contributed by atoms with Crippen LogP contribution in [0.4, 0.5) is 5.69 Å². The maximum atomic E-state index is 13.3. The number of aryl methyl sites for hydroxylation is 1. The molecule has 0 aliphatic heterocycles. The first kappa shape index (κ1) is 20.8. The van der Waals surface area contributed by atoms with Gasteiger partial charge in [-0.25, -0.2) is 8.42 Å². The third-order valence-corrected chi connectivity index (χ3v) is 9.47. The van der Waals surface area contributed by atoms with E-state index >= 15 is 0 Å². The van der Waals surface area contributed by atoms with Crippen molar-refractivity contribution in [2.45, 2.75) is 69.8 Å². The smallest absolute Gasteiger partial charge is 0.243 e. The normalized spacial score (nSPS) is 33.3. The Hall–Kier alpha value is -1.44. The topological polar surface area (TPSA) is 86.7 Å². The van der Waals surface area contributed by atoms with E-state index in [9.17, 15) is 18.3 Å². The molecule has 0 radical (unpaired) electrons. The molecule has 2 N–H and O–H groups in total. The molecule has 0 saturated heterocycles. The van der Waals surface area contributed by atoms with Gasteiger partial charge >= 0.3 is 0 Å². The second kappa shape index (κ2) is 7.06. The fraction of sp³-hybridized carbons (Fsp3) is 0.682. The summed E-state index contributed by atoms with van der Waals surface area (Å²) in [6, 6.07) is 5.10. The summed E-state index contributed by atoms with van der Waals surface area (Å²) in [7, 11) is -3.60. The zero-order valence-corrected chi connectivity index (χ0v) is 18.4. The van der Waals surface area contributed by atoms with Gasteiger partial charge in [0.05, 0.1) is 15.9 Å². The minimum absolute atomic E-state index is 0.0694. The largest absolute Gasteiger partial charge is 0.390 e. The van der Waals surface area contributed by atoms with Crippen molar-refractivity contribution in [1.29, 1.82) is 0 Å². The Kier molecular flexibility index (Phi) is 5.07. The number of anilines is 1. The molecule has 0 aromatic heterocycles. The molecule has 4 saturated carbocycles. The molecule has 4 aliphatic carbocycles. The quantitative estimate of drug-likeness (QED) is 0.739. The summed E-state index contributed by atoms with van der Waals surface area (Å²) in [5.41, 5.74) is -0.0544. The molecule has 4 atom stereocenters. The number of hydrogen-bond acceptors (Lipinski definition) is 4. The van der Waals surface area contributed by atoms with Gasteiger partial charge in [-0.2, -0.15) is 4.31 Å². The Morgan fingerprint density at radius 1 is 1.17 bits per heavy atom. The average Bonchev–Trinajstić information content (AvgIpc) is 2.62. The summed E-state index contributed by atoms with van der Waals surface area (Å²) in [4.78, 5) is 13.6. The van der Waals surface area contributed by atoms with Crippen LogP contribution in [0.25, 0.3) is 0 Å². The van der Waals surface area contributed by atoms with Crippen molar-refractivity contribution in [3.05, 3.63) is 23.8 Å². The Morgan fingerprint density at radius 3 is 2.34 bits per heavy atom. The van der Waals surface area contributed by atoms with Crippen LogP contribution in [0.15, 0.2) is 23.1 Å². The van der Waals surface area contributed by atoms with Crippen molar-refractivity contribution in [2.75, 3.05) is 18.4 Å². The maximum absolute atomic E-state index is 13.3. The predicted molar refractivity (Wildman–Crippen MR) is 112 cm³/mol. The van der Waals surface area contributed by atoms with Crippen molar-refractivity contribution < 1.29 is 18.3 Å². The van der Waals surface area contributed by atoms with Crippen molar-refractivity contribution in [3.8, 4) is 0 Å². The van der Waals surface area contributed by atoms with E-state index in [1.165, 1.54) is 4.31 Å². The highest BCUT2D eigenvalue weighted by atomic mass is 32.2. The monoisotopic (exact) mass is 420 g/mol. The van der Waals surface area contributed by atoms with Gasteiger partial charge in [-0.05, 0) is 75.0 Å². The van der Waals surface area contributed by atoms with Gasteiger partial charge in [0, 0.05) is 18.8 Å². The molecule has 7 heteroatoms. The Bertz CT molecular complexity index is 909. The average molecular weight is 421 g/mol. The molecule has 1 aromatic rings. The van der Waals surface area contributed by atoms with Gasteiger partial charge in [-0.15, -0.1) is 0 Å². The van der Waals surface area contributed by atoms with E-state index in [4.69, 9.17) is 0 Å². The number of benzene rings is 1. The van der Waals surface area contributed by atoms with Crippen LogP contribution < -0.4 is 5.32 Å². The SMILES string of the molecule is CCN(CC)S(=O)(=O)c1cc(NC(=O)C23C[C@@H]4C[C@@H](CC(O)(C4)C2)C3)ccc1C. The van der Waals surface area contributed by atoms with Crippen LogP contribution in [-0.2, 0) is 14.8 Å². The first-order chi connectivity index (χ1) is 13.6. The Labute approximate surface area is 173 Å². The van der Waals surface area contributed by atoms with Gasteiger partial charge in [0.1, 0.15) is 0 Å². The van der Waals surface area contributed by atoms with Gasteiger partial charge in [0.15, 0.2) is 0 Å². The fourth-order valence-corrected chi connectivity index (χ4v) is 8.11. The zero-order valence-electron chi connectivity index (χ0n) is 17.6. The number of nitrogens with zero attached hydrogens (tertiary/aromatic N) is 1. The number of rotatable bonds is 6. The first-order valence-electron chi connectivity index (χ1n) is 10.8. The summed E-state index contributed by atoms with van der Waals surface area (Å²) >= 11 is 0. The molecule has 1 amide bonds. The summed E-state index contributed by atoms with van der Waals surface area (Å²) in [6.07, 6.45) is 4.93. The van der Waals surface area contributed by atoms with Crippen molar-refractivity contribution in [2.24, 2.45) is 17.3 Å². The minimum Gasteiger partial charge on any atom is -0.390 e. The summed E-state index contributed by atoms with van der Waals surface area (Å²) in [5, 5.41) is 13.9. The lowest BCUT2D eigenvalue weighted by Gasteiger charge is -2.59. The van der Waals surface area contributed by atoms with Crippen LogP contribution in [0.3, 0.4) is 0 Å². The lowest BCUT2D eigenvalue weighted by molar-refractivity contribution is -0.174. The number of carbonyl (C=O) groups excluding carboxylic acids is 1. The molecule has 2 unspecified atom stereocenters. The molecule has 1 aromatic carbocycles. The van der Waals surface area contributed by atoms with Crippen LogP contribution in [-0.4, -0.2) is 42.4 Å². The van der Waals surface area contributed by atoms with Gasteiger partial charge in [-0.1, -0.05) is 19.9 Å². The van der Waals surface area contributed by atoms with Gasteiger partial charge < -0.3 is 10.4 Å². The van der Waals surface area contributed by atoms with E-state index in [-0.39, 0.29) is 10.8 Å². The van der Waals surface area contributed by atoms with Gasteiger partial charge in [0.2, 0.25) is 15.9 Å². The number of hydrogen-bond donors (Lipinski definition) is 2. The van der Waals surface area contributed by atoms with Crippen LogP contribution in [0, 0.1) is 24.2 Å². The third-order valence-electron chi connectivity index (χ3n) is 7.28. The highest BCUT2D eigenvalue weighted by Crippen LogP contribution is 2.61. The van der Waals surface area contributed by atoms with Gasteiger partial charge in [0.25, 0.3) is 0 Å². The van der Waals surface area contributed by atoms with Crippen LogP contribution in [0.1, 0.15) is 57.9 Å². The molecule has 4 bridgehead atoms. The Balaban J connectivity index is 1.60. The fourth-order valence-electron chi connectivity index (χ4n) is 6.40. The third kappa shape index (κ3) is 3.51. The molecule has 0 spiro atoms. The zero-order chi connectivity index (χ0) is 21.0. The van der Waals surface area contributed by atoms with E-state index in [2.05, 4.69) is 5.32 Å². The molecular formula is C22H32N2O4S. The lowest BCUT2D eigenvalue weighted by atomic mass is 9.47. The van der Waals surface area contributed by atoms with Crippen molar-refractivity contribution in [3.63, 3.8) is 0 Å². The molecule has 0 heterocycles. The van der Waals surface area contributed by atoms with Crippen molar-refractivity contribution in [1.82, 2.24) is 4.31 Å². The number of aliphatic hydroxyl groups is 1. The summed E-state index contributed by atoms with van der Waals surface area (Å²) in [5.74, 6) is 0.771. The lowest BCUT2D eigenvalue weighted by Crippen LogP contribution is -2.59. The molecule has 4 fully saturated rings. The number of nitrogens with one attached hydrogen (secondary N) is 1. The molecule has 160 valence electrons. The summed E-state index contributed by atoms with van der Waals surface area (Å²) in [6.45, 7) is 6.22. The van der Waals surface area contributed by atoms with E-state index in [0.717, 1.165) is 32.1 Å². The van der Waals surface area contributed by atoms with E-state index < -0.39 is 21.0 Å². The molecule has 4 aliphatic rings. The van der Waals surface area contributed by atoms with Crippen LogP contribution >= 0.6 is 0 Å². The highest BCUT2D eigenvalue weighted by Gasteiger charge is 2.60. The standard InChI is InChI=1S/C22H32N2O4S/c1-4-24(5-2)29(27,28)19-9-18(7-6-15(19)3)23-20(25)21-10-16-8-17(11-21)13-22(26,12-16)14-21/h6-7,9,16-17,26H,4-5,8,10-14H2,1-3H3,(H,23,25)/t16-,17+,21?,22?. The number of carbonyl (C=O) groups is 1. The second-order valence-electron chi connectivity index (χ2n) is 9.49. The van der Waals surface area contributed by atoms with E-state index in [0.29, 0.717) is 42.6 Å². The summed E-state index contributed by atoms with van der Waals surface area (Å²) < 4.78 is 27.4. The number of amides is 1.